The van der Waals surface area contributed by atoms with Crippen molar-refractivity contribution in [3.63, 3.8) is 0 Å². The summed E-state index contributed by atoms with van der Waals surface area (Å²) < 4.78 is 5.62. The molecule has 0 saturated carbocycles. The Labute approximate surface area is 140 Å². The van der Waals surface area contributed by atoms with Crippen molar-refractivity contribution in [2.75, 3.05) is 29.5 Å². The van der Waals surface area contributed by atoms with E-state index in [9.17, 15) is 9.59 Å². The fraction of sp³-hybridized carbons (Fsp3) is 0.263. The Morgan fingerprint density at radius 1 is 1.00 bits per heavy atom. The number of carbonyl (C=O) groups excluding carboxylic acids is 2. The first-order valence-electron chi connectivity index (χ1n) is 8.10. The minimum Gasteiger partial charge on any atom is -0.490 e. The van der Waals surface area contributed by atoms with Crippen molar-refractivity contribution >= 4 is 23.2 Å². The summed E-state index contributed by atoms with van der Waals surface area (Å²) in [6.07, 6.45) is 0.787. The summed E-state index contributed by atoms with van der Waals surface area (Å²) in [6.45, 7) is 3.28. The number of carbonyl (C=O) groups is 2. The number of ether oxygens (including phenoxy) is 1. The van der Waals surface area contributed by atoms with Crippen LogP contribution in [0.1, 0.15) is 22.8 Å². The number of hydrogen-bond donors (Lipinski definition) is 0. The quantitative estimate of drug-likeness (QED) is 0.811. The molecule has 2 aliphatic heterocycles. The van der Waals surface area contributed by atoms with Gasteiger partial charge < -0.3 is 14.5 Å². The van der Waals surface area contributed by atoms with Gasteiger partial charge in [-0.25, -0.2) is 0 Å². The van der Waals surface area contributed by atoms with Gasteiger partial charge in [-0.1, -0.05) is 12.1 Å². The minimum absolute atomic E-state index is 0.0326. The zero-order chi connectivity index (χ0) is 16.7. The largest absolute Gasteiger partial charge is 0.490 e. The van der Waals surface area contributed by atoms with Crippen LogP contribution in [0.3, 0.4) is 0 Å². The van der Waals surface area contributed by atoms with Crippen LogP contribution in [0.4, 0.5) is 11.4 Å². The highest BCUT2D eigenvalue weighted by molar-refractivity contribution is 6.08. The molecule has 2 heterocycles. The van der Waals surface area contributed by atoms with Gasteiger partial charge in [-0.2, -0.15) is 0 Å². The van der Waals surface area contributed by atoms with Crippen molar-refractivity contribution in [2.45, 2.75) is 13.3 Å². The average Bonchev–Trinajstić information content (AvgIpc) is 3.04. The SMILES string of the molecule is CC(=O)N1CCc2cc(C(=O)N3CCOc4ccccc43)ccc21. The topological polar surface area (TPSA) is 49.9 Å². The normalized spacial score (nSPS) is 15.5. The number of anilines is 2. The molecule has 0 aliphatic carbocycles. The van der Waals surface area contributed by atoms with Crippen molar-refractivity contribution in [2.24, 2.45) is 0 Å². The summed E-state index contributed by atoms with van der Waals surface area (Å²) in [5.41, 5.74) is 3.43. The summed E-state index contributed by atoms with van der Waals surface area (Å²) >= 11 is 0. The first-order valence-corrected chi connectivity index (χ1v) is 8.10. The molecule has 0 fully saturated rings. The van der Waals surface area contributed by atoms with Gasteiger partial charge in [0.25, 0.3) is 5.91 Å². The van der Waals surface area contributed by atoms with Gasteiger partial charge in [0.2, 0.25) is 5.91 Å². The van der Waals surface area contributed by atoms with E-state index in [1.54, 1.807) is 22.8 Å². The molecule has 0 unspecified atom stereocenters. The lowest BCUT2D eigenvalue weighted by Crippen LogP contribution is -2.37. The van der Waals surface area contributed by atoms with Crippen LogP contribution < -0.4 is 14.5 Å². The van der Waals surface area contributed by atoms with Gasteiger partial charge in [-0.05, 0) is 42.3 Å². The molecule has 122 valence electrons. The predicted molar refractivity (Wildman–Crippen MR) is 91.8 cm³/mol. The molecule has 0 radical (unpaired) electrons. The molecule has 2 aromatic rings. The maximum atomic E-state index is 13.0. The number of amides is 2. The summed E-state index contributed by atoms with van der Waals surface area (Å²) in [7, 11) is 0. The number of hydrogen-bond acceptors (Lipinski definition) is 3. The zero-order valence-corrected chi connectivity index (χ0v) is 13.5. The van der Waals surface area contributed by atoms with E-state index in [1.165, 1.54) is 0 Å². The van der Waals surface area contributed by atoms with E-state index >= 15 is 0 Å². The van der Waals surface area contributed by atoms with E-state index in [-0.39, 0.29) is 11.8 Å². The molecule has 0 aromatic heterocycles. The van der Waals surface area contributed by atoms with E-state index < -0.39 is 0 Å². The van der Waals surface area contributed by atoms with Gasteiger partial charge in [0.05, 0.1) is 12.2 Å². The standard InChI is InChI=1S/C19H18N2O3/c1-13(22)20-9-8-14-12-15(6-7-16(14)20)19(23)21-10-11-24-18-5-3-2-4-17(18)21/h2-7,12H,8-11H2,1H3. The van der Waals surface area contributed by atoms with Gasteiger partial charge in [-0.15, -0.1) is 0 Å². The number of fused-ring (bicyclic) bond motifs is 2. The fourth-order valence-electron chi connectivity index (χ4n) is 3.40. The summed E-state index contributed by atoms with van der Waals surface area (Å²) in [6, 6.07) is 13.2. The van der Waals surface area contributed by atoms with Crippen LogP contribution in [0.25, 0.3) is 0 Å². The Balaban J connectivity index is 1.66. The molecule has 2 amide bonds. The molecule has 2 aromatic carbocycles. The number of rotatable bonds is 1. The summed E-state index contributed by atoms with van der Waals surface area (Å²) in [4.78, 5) is 28.1. The Morgan fingerprint density at radius 2 is 1.83 bits per heavy atom. The molecule has 2 aliphatic rings. The van der Waals surface area contributed by atoms with Gasteiger partial charge in [0, 0.05) is 24.7 Å². The lowest BCUT2D eigenvalue weighted by Gasteiger charge is -2.29. The second-order valence-electron chi connectivity index (χ2n) is 6.04. The molecule has 0 bridgehead atoms. The summed E-state index contributed by atoms with van der Waals surface area (Å²) in [5, 5.41) is 0. The van der Waals surface area contributed by atoms with Crippen LogP contribution >= 0.6 is 0 Å². The first-order chi connectivity index (χ1) is 11.6. The number of benzene rings is 2. The van der Waals surface area contributed by atoms with E-state index in [0.29, 0.717) is 25.3 Å². The highest BCUT2D eigenvalue weighted by Crippen LogP contribution is 2.33. The molecule has 0 spiro atoms. The summed E-state index contributed by atoms with van der Waals surface area (Å²) in [5.74, 6) is 0.741. The van der Waals surface area contributed by atoms with Crippen molar-refractivity contribution in [3.05, 3.63) is 53.6 Å². The smallest absolute Gasteiger partial charge is 0.258 e. The first kappa shape index (κ1) is 14.8. The van der Waals surface area contributed by atoms with Crippen molar-refractivity contribution in [3.8, 4) is 5.75 Å². The third kappa shape index (κ3) is 2.33. The van der Waals surface area contributed by atoms with Crippen LogP contribution in [0.2, 0.25) is 0 Å². The Bertz CT molecular complexity index is 831. The van der Waals surface area contributed by atoms with E-state index in [4.69, 9.17) is 4.74 Å². The molecule has 5 nitrogen and oxygen atoms in total. The average molecular weight is 322 g/mol. The molecule has 5 heteroatoms. The Kier molecular flexibility index (Phi) is 3.49. The van der Waals surface area contributed by atoms with Gasteiger partial charge in [0.15, 0.2) is 0 Å². The zero-order valence-electron chi connectivity index (χ0n) is 13.5. The van der Waals surface area contributed by atoms with Gasteiger partial charge >= 0.3 is 0 Å². The minimum atomic E-state index is -0.0326. The monoisotopic (exact) mass is 322 g/mol. The highest BCUT2D eigenvalue weighted by atomic mass is 16.5. The van der Waals surface area contributed by atoms with Crippen molar-refractivity contribution in [1.82, 2.24) is 0 Å². The van der Waals surface area contributed by atoms with Crippen LogP contribution in [-0.4, -0.2) is 31.5 Å². The van der Waals surface area contributed by atoms with Crippen molar-refractivity contribution < 1.29 is 14.3 Å². The molecular weight excluding hydrogens is 304 g/mol. The van der Waals surface area contributed by atoms with Crippen LogP contribution in [-0.2, 0) is 11.2 Å². The molecular formula is C19H18N2O3. The fourth-order valence-corrected chi connectivity index (χ4v) is 3.40. The second kappa shape index (κ2) is 5.67. The van der Waals surface area contributed by atoms with Crippen LogP contribution in [0.15, 0.2) is 42.5 Å². The third-order valence-corrected chi connectivity index (χ3v) is 4.58. The number of para-hydroxylation sites is 2. The molecule has 0 N–H and O–H groups in total. The third-order valence-electron chi connectivity index (χ3n) is 4.58. The van der Waals surface area contributed by atoms with E-state index in [0.717, 1.165) is 29.1 Å². The highest BCUT2D eigenvalue weighted by Gasteiger charge is 2.27. The predicted octanol–water partition coefficient (Wildman–Crippen LogP) is 2.63. The molecule has 0 atom stereocenters. The molecule has 4 rings (SSSR count). The van der Waals surface area contributed by atoms with E-state index in [1.807, 2.05) is 36.4 Å². The van der Waals surface area contributed by atoms with E-state index in [2.05, 4.69) is 0 Å². The van der Waals surface area contributed by atoms with Crippen LogP contribution in [0, 0.1) is 0 Å². The Hall–Kier alpha value is -2.82. The van der Waals surface area contributed by atoms with Gasteiger partial charge in [0.1, 0.15) is 12.4 Å². The van der Waals surface area contributed by atoms with Crippen molar-refractivity contribution in [1.29, 1.82) is 0 Å². The molecule has 24 heavy (non-hydrogen) atoms. The van der Waals surface area contributed by atoms with Gasteiger partial charge in [-0.3, -0.25) is 9.59 Å². The maximum absolute atomic E-state index is 13.0. The maximum Gasteiger partial charge on any atom is 0.258 e. The lowest BCUT2D eigenvalue weighted by molar-refractivity contribution is -0.116. The number of nitrogens with zero attached hydrogens (tertiary/aromatic N) is 2. The Morgan fingerprint density at radius 3 is 2.67 bits per heavy atom. The molecule has 0 saturated heterocycles. The van der Waals surface area contributed by atoms with Crippen LogP contribution in [0.5, 0.6) is 5.75 Å². The lowest BCUT2D eigenvalue weighted by atomic mass is 10.1. The second-order valence-corrected chi connectivity index (χ2v) is 6.04.